The van der Waals surface area contributed by atoms with Gasteiger partial charge in [-0.25, -0.2) is 8.42 Å². The van der Waals surface area contributed by atoms with Crippen molar-refractivity contribution >= 4 is 33.2 Å². The minimum Gasteiger partial charge on any atom is -0.350 e. The maximum absolute atomic E-state index is 12.4. The van der Waals surface area contributed by atoms with Crippen molar-refractivity contribution in [1.29, 1.82) is 0 Å². The molecule has 132 valence electrons. The fourth-order valence-electron chi connectivity index (χ4n) is 2.30. The van der Waals surface area contributed by atoms with Crippen molar-refractivity contribution in [3.63, 3.8) is 0 Å². The first-order chi connectivity index (χ1) is 11.2. The van der Waals surface area contributed by atoms with E-state index in [-0.39, 0.29) is 23.2 Å². The molecule has 0 aliphatic heterocycles. The summed E-state index contributed by atoms with van der Waals surface area (Å²) in [6, 6.07) is 4.26. The largest absolute Gasteiger partial charge is 0.350 e. The molecule has 1 aliphatic carbocycles. The Morgan fingerprint density at radius 3 is 2.54 bits per heavy atom. The van der Waals surface area contributed by atoms with E-state index in [2.05, 4.69) is 15.4 Å². The van der Waals surface area contributed by atoms with Gasteiger partial charge in [-0.2, -0.15) is 0 Å². The molecule has 1 aromatic carbocycles. The normalized spacial score (nSPS) is 15.5. The van der Waals surface area contributed by atoms with Crippen molar-refractivity contribution in [2.24, 2.45) is 11.7 Å². The summed E-state index contributed by atoms with van der Waals surface area (Å²) >= 11 is 0. The van der Waals surface area contributed by atoms with Gasteiger partial charge < -0.3 is 16.4 Å². The predicted octanol–water partition coefficient (Wildman–Crippen LogP) is 0.484. The van der Waals surface area contributed by atoms with Gasteiger partial charge in [0.05, 0.1) is 17.5 Å². The molecule has 5 N–H and O–H groups in total. The average molecular weight is 354 g/mol. The van der Waals surface area contributed by atoms with Crippen molar-refractivity contribution in [2.75, 3.05) is 22.8 Å². The highest BCUT2D eigenvalue weighted by Gasteiger charge is 2.28. The highest BCUT2D eigenvalue weighted by molar-refractivity contribution is 7.92. The number of amides is 2. The van der Waals surface area contributed by atoms with Gasteiger partial charge in [-0.1, -0.05) is 0 Å². The molecule has 0 radical (unpaired) electrons. The van der Waals surface area contributed by atoms with E-state index in [0.717, 1.165) is 19.1 Å². The molecule has 1 unspecified atom stereocenters. The standard InChI is InChI=1S/C15H22N4O4S/c1-9(20)18-11-5-6-14(19-24(2,22)23)12(7-11)15(21)17-8-13(16)10-3-4-10/h5-7,10,13,19H,3-4,8,16H2,1-2H3,(H,17,21)(H,18,20). The van der Waals surface area contributed by atoms with Gasteiger partial charge >= 0.3 is 0 Å². The van der Waals surface area contributed by atoms with Gasteiger partial charge in [0.2, 0.25) is 15.9 Å². The van der Waals surface area contributed by atoms with E-state index in [1.807, 2.05) is 0 Å². The molecular formula is C15H22N4O4S. The predicted molar refractivity (Wildman–Crippen MR) is 92.2 cm³/mol. The molecule has 2 rings (SSSR count). The Morgan fingerprint density at radius 1 is 1.33 bits per heavy atom. The van der Waals surface area contributed by atoms with Crippen molar-refractivity contribution < 1.29 is 18.0 Å². The van der Waals surface area contributed by atoms with Crippen LogP contribution in [0.25, 0.3) is 0 Å². The Balaban J connectivity index is 2.20. The van der Waals surface area contributed by atoms with E-state index >= 15 is 0 Å². The summed E-state index contributed by atoms with van der Waals surface area (Å²) < 4.78 is 25.2. The van der Waals surface area contributed by atoms with Crippen LogP contribution < -0.4 is 21.1 Å². The van der Waals surface area contributed by atoms with Gasteiger partial charge in [-0.3, -0.25) is 14.3 Å². The molecule has 0 spiro atoms. The Morgan fingerprint density at radius 2 is 2.00 bits per heavy atom. The molecule has 1 saturated carbocycles. The summed E-state index contributed by atoms with van der Waals surface area (Å²) in [5.41, 5.74) is 6.62. The minimum atomic E-state index is -3.55. The van der Waals surface area contributed by atoms with Gasteiger partial charge in [0.1, 0.15) is 0 Å². The number of carbonyl (C=O) groups is 2. The SMILES string of the molecule is CC(=O)Nc1ccc(NS(C)(=O)=O)c(C(=O)NCC(N)C2CC2)c1. The Labute approximate surface area is 141 Å². The number of carbonyl (C=O) groups excluding carboxylic acids is 2. The second kappa shape index (κ2) is 7.18. The van der Waals surface area contributed by atoms with Crippen LogP contribution in [0.3, 0.4) is 0 Å². The van der Waals surface area contributed by atoms with E-state index in [0.29, 0.717) is 18.2 Å². The lowest BCUT2D eigenvalue weighted by Crippen LogP contribution is -2.38. The van der Waals surface area contributed by atoms with Crippen molar-refractivity contribution in [1.82, 2.24) is 5.32 Å². The van der Waals surface area contributed by atoms with Crippen molar-refractivity contribution in [3.05, 3.63) is 23.8 Å². The number of hydrogen-bond acceptors (Lipinski definition) is 5. The molecule has 1 fully saturated rings. The number of nitrogens with two attached hydrogens (primary N) is 1. The zero-order valence-corrected chi connectivity index (χ0v) is 14.4. The van der Waals surface area contributed by atoms with E-state index in [4.69, 9.17) is 5.73 Å². The van der Waals surface area contributed by atoms with E-state index in [1.54, 1.807) is 0 Å². The maximum Gasteiger partial charge on any atom is 0.253 e. The third kappa shape index (κ3) is 5.50. The zero-order chi connectivity index (χ0) is 17.9. The van der Waals surface area contributed by atoms with Gasteiger partial charge in [-0.05, 0) is 37.0 Å². The van der Waals surface area contributed by atoms with Gasteiger partial charge in [-0.15, -0.1) is 0 Å². The molecule has 24 heavy (non-hydrogen) atoms. The summed E-state index contributed by atoms with van der Waals surface area (Å²) in [7, 11) is -3.55. The van der Waals surface area contributed by atoms with Gasteiger partial charge in [0, 0.05) is 25.2 Å². The Hall–Kier alpha value is -2.13. The number of rotatable bonds is 7. The monoisotopic (exact) mass is 354 g/mol. The van der Waals surface area contributed by atoms with Crippen LogP contribution in [0, 0.1) is 5.92 Å². The molecule has 0 bridgehead atoms. The highest BCUT2D eigenvalue weighted by atomic mass is 32.2. The second-order valence-corrected chi connectivity index (χ2v) is 7.78. The van der Waals surface area contributed by atoms with Gasteiger partial charge in [0.25, 0.3) is 5.91 Å². The molecule has 0 aromatic heterocycles. The number of sulfonamides is 1. The molecule has 1 aromatic rings. The topological polar surface area (TPSA) is 130 Å². The minimum absolute atomic E-state index is 0.112. The highest BCUT2D eigenvalue weighted by Crippen LogP contribution is 2.31. The van der Waals surface area contributed by atoms with Crippen LogP contribution in [0.4, 0.5) is 11.4 Å². The lowest BCUT2D eigenvalue weighted by Gasteiger charge is -2.15. The molecule has 0 heterocycles. The summed E-state index contributed by atoms with van der Waals surface area (Å²) in [5.74, 6) is -0.310. The van der Waals surface area contributed by atoms with Crippen LogP contribution >= 0.6 is 0 Å². The number of anilines is 2. The molecule has 1 aliphatic rings. The number of benzene rings is 1. The molecule has 9 heteroatoms. The van der Waals surface area contributed by atoms with Gasteiger partial charge in [0.15, 0.2) is 0 Å². The van der Waals surface area contributed by atoms with E-state index in [1.165, 1.54) is 25.1 Å². The van der Waals surface area contributed by atoms with Crippen LogP contribution in [-0.2, 0) is 14.8 Å². The number of nitrogens with one attached hydrogen (secondary N) is 3. The number of hydrogen-bond donors (Lipinski definition) is 4. The third-order valence-electron chi connectivity index (χ3n) is 3.61. The first-order valence-electron chi connectivity index (χ1n) is 7.59. The second-order valence-electron chi connectivity index (χ2n) is 6.03. The zero-order valence-electron chi connectivity index (χ0n) is 13.6. The summed E-state index contributed by atoms with van der Waals surface area (Å²) in [6.45, 7) is 1.66. The first kappa shape index (κ1) is 18.2. The summed E-state index contributed by atoms with van der Waals surface area (Å²) in [6.07, 6.45) is 3.13. The summed E-state index contributed by atoms with van der Waals surface area (Å²) in [4.78, 5) is 23.6. The van der Waals surface area contributed by atoms with Crippen LogP contribution in [0.15, 0.2) is 18.2 Å². The quantitative estimate of drug-likeness (QED) is 0.566. The Kier molecular flexibility index (Phi) is 5.45. The van der Waals surface area contributed by atoms with E-state index < -0.39 is 15.9 Å². The molecule has 1 atom stereocenters. The fraction of sp³-hybridized carbons (Fsp3) is 0.467. The molecule has 0 saturated heterocycles. The Bertz CT molecular complexity index is 744. The van der Waals surface area contributed by atoms with E-state index in [9.17, 15) is 18.0 Å². The lowest BCUT2D eigenvalue weighted by atomic mass is 10.1. The average Bonchev–Trinajstić information content (AvgIpc) is 3.28. The first-order valence-corrected chi connectivity index (χ1v) is 9.48. The van der Waals surface area contributed by atoms with Crippen LogP contribution in [0.5, 0.6) is 0 Å². The lowest BCUT2D eigenvalue weighted by molar-refractivity contribution is -0.114. The maximum atomic E-state index is 12.4. The fourth-order valence-corrected chi connectivity index (χ4v) is 2.88. The van der Waals surface area contributed by atoms with Crippen LogP contribution in [-0.4, -0.2) is 39.1 Å². The summed E-state index contributed by atoms with van der Waals surface area (Å²) in [5, 5.41) is 5.28. The smallest absolute Gasteiger partial charge is 0.253 e. The molecular weight excluding hydrogens is 332 g/mol. The van der Waals surface area contributed by atoms with Crippen molar-refractivity contribution in [2.45, 2.75) is 25.8 Å². The molecule has 2 amide bonds. The van der Waals surface area contributed by atoms with Crippen molar-refractivity contribution in [3.8, 4) is 0 Å². The third-order valence-corrected chi connectivity index (χ3v) is 4.20. The van der Waals surface area contributed by atoms with Crippen LogP contribution in [0.2, 0.25) is 0 Å². The molecule has 8 nitrogen and oxygen atoms in total. The van der Waals surface area contributed by atoms with Crippen LogP contribution in [0.1, 0.15) is 30.1 Å².